The summed E-state index contributed by atoms with van der Waals surface area (Å²) in [6.07, 6.45) is 3.70. The molecule has 1 aliphatic heterocycles. The van der Waals surface area contributed by atoms with Crippen LogP contribution >= 0.6 is 0 Å². The second-order valence-electron chi connectivity index (χ2n) is 12.5. The summed E-state index contributed by atoms with van der Waals surface area (Å²) in [5.74, 6) is 1.95. The van der Waals surface area contributed by atoms with Gasteiger partial charge in [-0.1, -0.05) is 33.8 Å². The van der Waals surface area contributed by atoms with Crippen molar-refractivity contribution in [3.63, 3.8) is 0 Å². The normalized spacial score (nSPS) is 20.5. The summed E-state index contributed by atoms with van der Waals surface area (Å²) in [5, 5.41) is 14.3. The molecule has 1 fully saturated rings. The highest BCUT2D eigenvalue weighted by Crippen LogP contribution is 2.32. The number of rotatable bonds is 19. The van der Waals surface area contributed by atoms with Crippen molar-refractivity contribution in [2.45, 2.75) is 84.5 Å². The van der Waals surface area contributed by atoms with Crippen molar-refractivity contribution >= 4 is 5.91 Å². The predicted octanol–water partition coefficient (Wildman–Crippen LogP) is 4.22. The van der Waals surface area contributed by atoms with E-state index in [1.54, 1.807) is 21.3 Å². The number of aliphatic hydroxyl groups excluding tert-OH is 1. The number of hydrogen-bond donors (Lipinski definition) is 3. The van der Waals surface area contributed by atoms with Crippen LogP contribution in [0.2, 0.25) is 0 Å². The van der Waals surface area contributed by atoms with Crippen LogP contribution in [0, 0.1) is 29.6 Å². The Morgan fingerprint density at radius 1 is 1.10 bits per heavy atom. The molecule has 1 aromatic carbocycles. The van der Waals surface area contributed by atoms with Crippen LogP contribution in [0.4, 0.5) is 0 Å². The fourth-order valence-electron chi connectivity index (χ4n) is 5.62. The zero-order chi connectivity index (χ0) is 31.1. The van der Waals surface area contributed by atoms with Gasteiger partial charge in [-0.15, -0.1) is 0 Å². The number of ether oxygens (including phenoxy) is 5. The Hall–Kier alpha value is -1.91. The van der Waals surface area contributed by atoms with E-state index in [9.17, 15) is 9.90 Å². The van der Waals surface area contributed by atoms with Crippen LogP contribution in [0.5, 0.6) is 11.5 Å². The molecule has 1 heterocycles. The maximum atomic E-state index is 13.2. The van der Waals surface area contributed by atoms with Crippen molar-refractivity contribution in [3.05, 3.63) is 23.8 Å². The van der Waals surface area contributed by atoms with Crippen molar-refractivity contribution < 1.29 is 33.6 Å². The molecule has 0 radical (unpaired) electrons. The maximum Gasteiger partial charge on any atom is 0.223 e. The Morgan fingerprint density at radius 2 is 1.86 bits per heavy atom. The third-order valence-corrected chi connectivity index (χ3v) is 8.56. The SMILES string of the molecule is COCCCOc1cc(CC(CC(N)C(O)CC(C(=O)NC[C@@H]2COCC[C@H](OC)C2)C(C)C)C(C)C)ccc1OC. The minimum Gasteiger partial charge on any atom is -0.493 e. The van der Waals surface area contributed by atoms with E-state index < -0.39 is 12.1 Å². The van der Waals surface area contributed by atoms with E-state index in [4.69, 9.17) is 29.4 Å². The van der Waals surface area contributed by atoms with E-state index in [1.807, 2.05) is 26.0 Å². The predicted molar refractivity (Wildman–Crippen MR) is 166 cm³/mol. The molecule has 6 atom stereocenters. The number of benzene rings is 1. The molecular weight excluding hydrogens is 536 g/mol. The molecule has 0 bridgehead atoms. The molecule has 0 aromatic heterocycles. The van der Waals surface area contributed by atoms with Gasteiger partial charge in [0.15, 0.2) is 11.5 Å². The summed E-state index contributed by atoms with van der Waals surface area (Å²) in [5.41, 5.74) is 7.73. The van der Waals surface area contributed by atoms with Crippen LogP contribution in [0.25, 0.3) is 0 Å². The van der Waals surface area contributed by atoms with Crippen LogP contribution in [0.1, 0.15) is 65.4 Å². The summed E-state index contributed by atoms with van der Waals surface area (Å²) in [4.78, 5) is 13.2. The van der Waals surface area contributed by atoms with Gasteiger partial charge in [0, 0.05) is 58.3 Å². The molecule has 9 nitrogen and oxygen atoms in total. The van der Waals surface area contributed by atoms with Gasteiger partial charge in [0.25, 0.3) is 0 Å². The van der Waals surface area contributed by atoms with Crippen LogP contribution in [0.15, 0.2) is 18.2 Å². The Balaban J connectivity index is 1.97. The minimum atomic E-state index is -0.779. The van der Waals surface area contributed by atoms with E-state index in [-0.39, 0.29) is 35.7 Å². The first-order chi connectivity index (χ1) is 20.1. The highest BCUT2D eigenvalue weighted by atomic mass is 16.5. The number of carbonyl (C=O) groups is 1. The van der Waals surface area contributed by atoms with Gasteiger partial charge in [-0.2, -0.15) is 0 Å². The van der Waals surface area contributed by atoms with Crippen LogP contribution in [0.3, 0.4) is 0 Å². The van der Waals surface area contributed by atoms with Crippen LogP contribution in [-0.4, -0.2) is 83.6 Å². The molecular formula is C33H58N2O7. The smallest absolute Gasteiger partial charge is 0.223 e. The van der Waals surface area contributed by atoms with Crippen LogP contribution in [-0.2, 0) is 25.4 Å². The Labute approximate surface area is 254 Å². The van der Waals surface area contributed by atoms with Gasteiger partial charge in [-0.3, -0.25) is 4.79 Å². The van der Waals surface area contributed by atoms with Crippen molar-refractivity contribution in [2.75, 3.05) is 54.3 Å². The molecule has 0 aliphatic carbocycles. The Morgan fingerprint density at radius 3 is 2.50 bits per heavy atom. The first-order valence-corrected chi connectivity index (χ1v) is 15.7. The zero-order valence-electron chi connectivity index (χ0n) is 27.1. The van der Waals surface area contributed by atoms with E-state index >= 15 is 0 Å². The van der Waals surface area contributed by atoms with Crippen molar-refractivity contribution in [1.82, 2.24) is 5.32 Å². The van der Waals surface area contributed by atoms with Crippen molar-refractivity contribution in [3.8, 4) is 11.5 Å². The Kier molecular flexibility index (Phi) is 16.7. The molecule has 2 rings (SSSR count). The molecule has 4 unspecified atom stereocenters. The zero-order valence-corrected chi connectivity index (χ0v) is 27.1. The summed E-state index contributed by atoms with van der Waals surface area (Å²) >= 11 is 0. The van der Waals surface area contributed by atoms with Gasteiger partial charge in [0.1, 0.15) is 0 Å². The van der Waals surface area contributed by atoms with E-state index in [0.717, 1.165) is 37.0 Å². The standard InChI is InChI=1S/C33H58N2O7/c1-22(2)26(15-24-9-10-31(40-7)32(17-24)42-13-8-12-38-5)18-29(34)30(36)19-28(23(3)4)33(37)35-20-25-16-27(39-6)11-14-41-21-25/h9-10,17,22-23,25-30,36H,8,11-16,18-21,34H2,1-7H3,(H,35,37)/t25-,26?,27+,28?,29?,30?/m1/s1. The summed E-state index contributed by atoms with van der Waals surface area (Å²) in [7, 11) is 5.05. The molecule has 0 spiro atoms. The van der Waals surface area contributed by atoms with Gasteiger partial charge in [-0.25, -0.2) is 0 Å². The summed E-state index contributed by atoms with van der Waals surface area (Å²) < 4.78 is 27.8. The van der Waals surface area contributed by atoms with Gasteiger partial charge < -0.3 is 39.8 Å². The fourth-order valence-corrected chi connectivity index (χ4v) is 5.62. The molecule has 9 heteroatoms. The first kappa shape index (κ1) is 36.3. The maximum absolute atomic E-state index is 13.2. The summed E-state index contributed by atoms with van der Waals surface area (Å²) in [6, 6.07) is 5.60. The monoisotopic (exact) mass is 594 g/mol. The number of hydrogen-bond acceptors (Lipinski definition) is 8. The number of methoxy groups -OCH3 is 3. The second kappa shape index (κ2) is 19.4. The third kappa shape index (κ3) is 12.4. The average molecular weight is 595 g/mol. The highest BCUT2D eigenvalue weighted by Gasteiger charge is 2.30. The quantitative estimate of drug-likeness (QED) is 0.204. The second-order valence-corrected chi connectivity index (χ2v) is 12.5. The van der Waals surface area contributed by atoms with Gasteiger partial charge in [-0.05, 0) is 67.6 Å². The Bertz CT molecular complexity index is 897. The lowest BCUT2D eigenvalue weighted by Gasteiger charge is -2.30. The number of aliphatic hydroxyl groups is 1. The van der Waals surface area contributed by atoms with Gasteiger partial charge in [0.05, 0.1) is 32.5 Å². The van der Waals surface area contributed by atoms with E-state index in [0.29, 0.717) is 57.5 Å². The van der Waals surface area contributed by atoms with E-state index in [1.165, 1.54) is 0 Å². The third-order valence-electron chi connectivity index (χ3n) is 8.56. The fraction of sp³-hybridized carbons (Fsp3) is 0.788. The van der Waals surface area contributed by atoms with Gasteiger partial charge >= 0.3 is 0 Å². The van der Waals surface area contributed by atoms with E-state index in [2.05, 4.69) is 25.2 Å². The molecule has 42 heavy (non-hydrogen) atoms. The van der Waals surface area contributed by atoms with Gasteiger partial charge in [0.2, 0.25) is 5.91 Å². The number of nitrogens with one attached hydrogen (secondary N) is 1. The molecule has 4 N–H and O–H groups in total. The topological polar surface area (TPSA) is 122 Å². The number of amides is 1. The number of nitrogens with two attached hydrogens (primary N) is 1. The lowest BCUT2D eigenvalue weighted by molar-refractivity contribution is -0.128. The molecule has 1 aromatic rings. The number of carbonyl (C=O) groups excluding carboxylic acids is 1. The molecule has 0 saturated carbocycles. The molecule has 242 valence electrons. The molecule has 1 amide bonds. The molecule has 1 saturated heterocycles. The van der Waals surface area contributed by atoms with Crippen molar-refractivity contribution in [2.24, 2.45) is 35.3 Å². The first-order valence-electron chi connectivity index (χ1n) is 15.7. The highest BCUT2D eigenvalue weighted by molar-refractivity contribution is 5.78. The average Bonchev–Trinajstić information content (AvgIpc) is 3.21. The minimum absolute atomic E-state index is 0.0360. The van der Waals surface area contributed by atoms with Crippen LogP contribution < -0.4 is 20.5 Å². The lowest BCUT2D eigenvalue weighted by atomic mass is 9.80. The molecule has 1 aliphatic rings. The largest absolute Gasteiger partial charge is 0.493 e. The lowest BCUT2D eigenvalue weighted by Crippen LogP contribution is -2.43. The van der Waals surface area contributed by atoms with Crippen molar-refractivity contribution in [1.29, 1.82) is 0 Å². The summed E-state index contributed by atoms with van der Waals surface area (Å²) in [6.45, 7) is 11.4.